The van der Waals surface area contributed by atoms with Crippen LogP contribution in [0.25, 0.3) is 0 Å². The number of ether oxygens (including phenoxy) is 1. The number of hydrogen-bond donors (Lipinski definition) is 0. The molecule has 0 N–H and O–H groups in total. The van der Waals surface area contributed by atoms with E-state index in [0.29, 0.717) is 0 Å². The average molecular weight is 393 g/mol. The zero-order valence-electron chi connectivity index (χ0n) is 20.1. The van der Waals surface area contributed by atoms with Gasteiger partial charge in [-0.2, -0.15) is 0 Å². The number of allylic oxidation sites excluding steroid dienone is 1. The van der Waals surface area contributed by atoms with Crippen molar-refractivity contribution in [2.75, 3.05) is 13.7 Å². The van der Waals surface area contributed by atoms with Crippen molar-refractivity contribution in [2.24, 2.45) is 35.5 Å². The Morgan fingerprint density at radius 2 is 1.29 bits per heavy atom. The van der Waals surface area contributed by atoms with Gasteiger partial charge in [0.15, 0.2) is 0 Å². The first-order valence-electron chi connectivity index (χ1n) is 12.6. The van der Waals surface area contributed by atoms with E-state index in [9.17, 15) is 0 Å². The van der Waals surface area contributed by atoms with Crippen LogP contribution < -0.4 is 0 Å². The van der Waals surface area contributed by atoms with Crippen molar-refractivity contribution in [1.29, 1.82) is 0 Å². The number of hydrogen-bond acceptors (Lipinski definition) is 1. The van der Waals surface area contributed by atoms with Crippen molar-refractivity contribution < 1.29 is 4.74 Å². The number of rotatable bonds is 10. The quantitative estimate of drug-likeness (QED) is 0.267. The minimum Gasteiger partial charge on any atom is -0.385 e. The minimum absolute atomic E-state index is 0.811. The van der Waals surface area contributed by atoms with Crippen LogP contribution in [0.2, 0.25) is 0 Å². The largest absolute Gasteiger partial charge is 0.385 e. The van der Waals surface area contributed by atoms with Gasteiger partial charge in [-0.25, -0.2) is 0 Å². The van der Waals surface area contributed by atoms with Gasteiger partial charge >= 0.3 is 0 Å². The lowest BCUT2D eigenvalue weighted by Crippen LogP contribution is -2.20. The van der Waals surface area contributed by atoms with E-state index in [0.717, 1.165) is 42.1 Å². The Bertz CT molecular complexity index is 376. The lowest BCUT2D eigenvalue weighted by atomic mass is 9.74. The zero-order chi connectivity index (χ0) is 20.8. The Hall–Kier alpha value is -0.300. The zero-order valence-corrected chi connectivity index (χ0v) is 20.1. The number of unbranched alkanes of at least 4 members (excludes halogenated alkanes) is 5. The summed E-state index contributed by atoms with van der Waals surface area (Å²) < 4.78 is 5.07. The van der Waals surface area contributed by atoms with Crippen LogP contribution in [-0.4, -0.2) is 13.7 Å². The second-order valence-corrected chi connectivity index (χ2v) is 10.3. The predicted molar refractivity (Wildman–Crippen MR) is 126 cm³/mol. The normalized spacial score (nSPS) is 33.0. The monoisotopic (exact) mass is 392 g/mol. The van der Waals surface area contributed by atoms with Crippen LogP contribution in [0.15, 0.2) is 12.7 Å². The van der Waals surface area contributed by atoms with Crippen molar-refractivity contribution in [3.63, 3.8) is 0 Å². The summed E-state index contributed by atoms with van der Waals surface area (Å²) in [6.45, 7) is 14.4. The summed E-state index contributed by atoms with van der Waals surface area (Å²) in [5.74, 6) is 5.66. The molecule has 2 fully saturated rings. The summed E-state index contributed by atoms with van der Waals surface area (Å²) >= 11 is 0. The Balaban J connectivity index is 0.000000330. The molecule has 1 nitrogen and oxygen atoms in total. The Labute approximate surface area is 178 Å². The standard InChI is InChI=1S/C17H34O.C10H18/c1-15-11-12-17(14-16(15)2)10-8-6-4-5-7-9-13-18-3;1-4-10-6-5-8(2)9(3)7-10/h15-17H,4-14H2,1-3H3;4,8-10H,1,5-7H2,2-3H3. The van der Waals surface area contributed by atoms with E-state index >= 15 is 0 Å². The summed E-state index contributed by atoms with van der Waals surface area (Å²) in [7, 11) is 1.80. The van der Waals surface area contributed by atoms with Crippen LogP contribution in [0.1, 0.15) is 111 Å². The first kappa shape index (κ1) is 25.7. The van der Waals surface area contributed by atoms with Gasteiger partial charge in [-0.3, -0.25) is 0 Å². The van der Waals surface area contributed by atoms with Gasteiger partial charge in [0.05, 0.1) is 0 Å². The van der Waals surface area contributed by atoms with E-state index in [4.69, 9.17) is 4.74 Å². The van der Waals surface area contributed by atoms with Crippen LogP contribution in [0, 0.1) is 35.5 Å². The first-order chi connectivity index (χ1) is 13.5. The molecule has 0 aliphatic heterocycles. The molecule has 0 radical (unpaired) electrons. The molecule has 6 unspecified atom stereocenters. The van der Waals surface area contributed by atoms with Crippen LogP contribution in [0.5, 0.6) is 0 Å². The van der Waals surface area contributed by atoms with Crippen LogP contribution in [0.3, 0.4) is 0 Å². The lowest BCUT2D eigenvalue weighted by Gasteiger charge is -2.32. The summed E-state index contributed by atoms with van der Waals surface area (Å²) in [5.41, 5.74) is 0. The van der Waals surface area contributed by atoms with E-state index in [1.54, 1.807) is 7.11 Å². The molecule has 0 bridgehead atoms. The van der Waals surface area contributed by atoms with Gasteiger partial charge in [0, 0.05) is 13.7 Å². The fourth-order valence-electron chi connectivity index (χ4n) is 5.11. The van der Waals surface area contributed by atoms with Crippen molar-refractivity contribution >= 4 is 0 Å². The Morgan fingerprint density at radius 1 is 0.714 bits per heavy atom. The molecule has 0 amide bonds. The highest BCUT2D eigenvalue weighted by atomic mass is 16.5. The summed E-state index contributed by atoms with van der Waals surface area (Å²) in [4.78, 5) is 0. The minimum atomic E-state index is 0.811. The smallest absolute Gasteiger partial charge is 0.0462 e. The Kier molecular flexibility index (Phi) is 14.3. The highest BCUT2D eigenvalue weighted by molar-refractivity contribution is 4.85. The summed E-state index contributed by atoms with van der Waals surface area (Å²) in [5, 5.41) is 0. The lowest BCUT2D eigenvalue weighted by molar-refractivity contribution is 0.191. The molecule has 0 aromatic rings. The third-order valence-electron chi connectivity index (χ3n) is 7.89. The summed E-state index contributed by atoms with van der Waals surface area (Å²) in [6, 6.07) is 0. The molecule has 2 aliphatic carbocycles. The molecular weight excluding hydrogens is 340 g/mol. The van der Waals surface area contributed by atoms with Gasteiger partial charge in [-0.1, -0.05) is 85.1 Å². The molecule has 0 saturated heterocycles. The maximum absolute atomic E-state index is 5.07. The maximum Gasteiger partial charge on any atom is 0.0462 e. The molecule has 0 heterocycles. The van der Waals surface area contributed by atoms with Crippen LogP contribution >= 0.6 is 0 Å². The third kappa shape index (κ3) is 11.0. The van der Waals surface area contributed by atoms with E-state index in [2.05, 4.69) is 40.3 Å². The molecule has 2 rings (SSSR count). The highest BCUT2D eigenvalue weighted by Crippen LogP contribution is 2.36. The fourth-order valence-corrected chi connectivity index (χ4v) is 5.11. The molecule has 28 heavy (non-hydrogen) atoms. The van der Waals surface area contributed by atoms with Crippen molar-refractivity contribution in [3.05, 3.63) is 12.7 Å². The van der Waals surface area contributed by atoms with E-state index in [1.165, 1.54) is 83.5 Å². The maximum atomic E-state index is 5.07. The van der Waals surface area contributed by atoms with Crippen molar-refractivity contribution in [2.45, 2.75) is 111 Å². The molecule has 0 aromatic heterocycles. The SMILES string of the molecule is C=CC1CCC(C)C(C)C1.COCCCCCCCCC1CCC(C)C(C)C1. The van der Waals surface area contributed by atoms with Gasteiger partial charge < -0.3 is 4.74 Å². The molecule has 0 spiro atoms. The second kappa shape index (κ2) is 15.5. The molecule has 0 aromatic carbocycles. The van der Waals surface area contributed by atoms with Gasteiger partial charge in [0.2, 0.25) is 0 Å². The Morgan fingerprint density at radius 3 is 1.86 bits per heavy atom. The average Bonchev–Trinajstić information content (AvgIpc) is 2.69. The molecule has 6 atom stereocenters. The molecule has 1 heteroatoms. The molecule has 166 valence electrons. The van der Waals surface area contributed by atoms with Gasteiger partial charge in [-0.05, 0) is 67.6 Å². The van der Waals surface area contributed by atoms with Crippen LogP contribution in [0.4, 0.5) is 0 Å². The van der Waals surface area contributed by atoms with Crippen molar-refractivity contribution in [1.82, 2.24) is 0 Å². The highest BCUT2D eigenvalue weighted by Gasteiger charge is 2.24. The number of methoxy groups -OCH3 is 1. The summed E-state index contributed by atoms with van der Waals surface area (Å²) in [6.07, 6.45) is 20.6. The van der Waals surface area contributed by atoms with E-state index in [1.807, 2.05) is 0 Å². The van der Waals surface area contributed by atoms with Crippen LogP contribution in [-0.2, 0) is 4.74 Å². The molecular formula is C27H52O. The molecule has 2 saturated carbocycles. The topological polar surface area (TPSA) is 9.23 Å². The third-order valence-corrected chi connectivity index (χ3v) is 7.89. The van der Waals surface area contributed by atoms with E-state index in [-0.39, 0.29) is 0 Å². The molecule has 2 aliphatic rings. The fraction of sp³-hybridized carbons (Fsp3) is 0.926. The van der Waals surface area contributed by atoms with Gasteiger partial charge in [0.1, 0.15) is 0 Å². The second-order valence-electron chi connectivity index (χ2n) is 10.3. The van der Waals surface area contributed by atoms with Gasteiger partial charge in [-0.15, -0.1) is 6.58 Å². The van der Waals surface area contributed by atoms with Gasteiger partial charge in [0.25, 0.3) is 0 Å². The predicted octanol–water partition coefficient (Wildman–Crippen LogP) is 8.68. The van der Waals surface area contributed by atoms with E-state index < -0.39 is 0 Å². The van der Waals surface area contributed by atoms with Crippen molar-refractivity contribution in [3.8, 4) is 0 Å². The first-order valence-corrected chi connectivity index (χ1v) is 12.6.